The Hall–Kier alpha value is -1.26. The summed E-state index contributed by atoms with van der Waals surface area (Å²) in [5.74, 6) is 7.64. The van der Waals surface area contributed by atoms with E-state index in [0.29, 0.717) is 12.0 Å². The van der Waals surface area contributed by atoms with Gasteiger partial charge in [0, 0.05) is 5.56 Å². The number of hydrogen-bond acceptors (Lipinski definition) is 1. The van der Waals surface area contributed by atoms with Gasteiger partial charge >= 0.3 is 0 Å². The van der Waals surface area contributed by atoms with E-state index in [-0.39, 0.29) is 0 Å². The molecule has 0 aromatic heterocycles. The molecule has 102 valence electrons. The summed E-state index contributed by atoms with van der Waals surface area (Å²) in [4.78, 5) is 2.59. The Morgan fingerprint density at radius 1 is 1.05 bits per heavy atom. The molecular weight excluding hydrogens is 230 g/mol. The molecule has 0 radical (unpaired) electrons. The summed E-state index contributed by atoms with van der Waals surface area (Å²) in [5, 5.41) is 0. The molecule has 1 nitrogen and oxygen atoms in total. The molecule has 0 saturated carbocycles. The molecule has 0 bridgehead atoms. The summed E-state index contributed by atoms with van der Waals surface area (Å²) in [5.41, 5.74) is 1.14. The third-order valence-corrected chi connectivity index (χ3v) is 4.17. The molecule has 1 saturated heterocycles. The molecule has 1 aliphatic rings. The second kappa shape index (κ2) is 7.36. The van der Waals surface area contributed by atoms with E-state index >= 15 is 0 Å². The van der Waals surface area contributed by atoms with Crippen LogP contribution >= 0.6 is 0 Å². The van der Waals surface area contributed by atoms with Crippen LogP contribution in [0.1, 0.15) is 45.1 Å². The lowest BCUT2D eigenvalue weighted by Gasteiger charge is -2.29. The maximum atomic E-state index is 3.56. The number of rotatable bonds is 4. The van der Waals surface area contributed by atoms with E-state index in [2.05, 4.69) is 54.9 Å². The molecule has 19 heavy (non-hydrogen) atoms. The van der Waals surface area contributed by atoms with Gasteiger partial charge in [-0.1, -0.05) is 56.7 Å². The van der Waals surface area contributed by atoms with E-state index in [0.717, 1.165) is 5.56 Å². The van der Waals surface area contributed by atoms with Crippen LogP contribution in [0.25, 0.3) is 0 Å². The predicted octanol–water partition coefficient (Wildman–Crippen LogP) is 3.94. The summed E-state index contributed by atoms with van der Waals surface area (Å²) in [7, 11) is 0. The summed E-state index contributed by atoms with van der Waals surface area (Å²) in [6, 6.07) is 10.8. The third-order valence-electron chi connectivity index (χ3n) is 4.17. The maximum absolute atomic E-state index is 3.56. The Bertz CT molecular complexity index is 414. The SMILES string of the molecule is CCC(CC)C(C#Cc1ccccc1)N1CCCC1. The molecule has 0 spiro atoms. The fraction of sp³-hybridized carbons (Fsp3) is 0.556. The van der Waals surface area contributed by atoms with E-state index in [9.17, 15) is 0 Å². The zero-order chi connectivity index (χ0) is 13.5. The number of nitrogens with zero attached hydrogens (tertiary/aromatic N) is 1. The summed E-state index contributed by atoms with van der Waals surface area (Å²) >= 11 is 0. The van der Waals surface area contributed by atoms with Crippen LogP contribution in [0.3, 0.4) is 0 Å². The van der Waals surface area contributed by atoms with Gasteiger partial charge in [0.05, 0.1) is 6.04 Å². The number of benzene rings is 1. The molecule has 1 aromatic rings. The average Bonchev–Trinajstić information content (AvgIpc) is 2.98. The van der Waals surface area contributed by atoms with Crippen molar-refractivity contribution in [2.24, 2.45) is 5.92 Å². The molecule has 1 heteroatoms. The van der Waals surface area contributed by atoms with Gasteiger partial charge in [0.1, 0.15) is 0 Å². The first-order valence-electron chi connectivity index (χ1n) is 7.65. The van der Waals surface area contributed by atoms with Gasteiger partial charge in [-0.15, -0.1) is 0 Å². The highest BCUT2D eigenvalue weighted by Crippen LogP contribution is 2.22. The van der Waals surface area contributed by atoms with Crippen LogP contribution in [0.4, 0.5) is 0 Å². The molecule has 0 amide bonds. The zero-order valence-electron chi connectivity index (χ0n) is 12.2. The Balaban J connectivity index is 2.15. The summed E-state index contributed by atoms with van der Waals surface area (Å²) < 4.78 is 0. The standard InChI is InChI=1S/C18H25N/c1-3-17(4-2)18(19-14-8-9-15-19)13-12-16-10-6-5-7-11-16/h5-7,10-11,17-18H,3-4,8-9,14-15H2,1-2H3. The molecule has 1 aliphatic heterocycles. The fourth-order valence-electron chi connectivity index (χ4n) is 2.94. The second-order valence-corrected chi connectivity index (χ2v) is 5.40. The lowest BCUT2D eigenvalue weighted by molar-refractivity contribution is 0.213. The Morgan fingerprint density at radius 2 is 1.68 bits per heavy atom. The van der Waals surface area contributed by atoms with E-state index in [4.69, 9.17) is 0 Å². The van der Waals surface area contributed by atoms with Crippen molar-refractivity contribution in [2.45, 2.75) is 45.6 Å². The van der Waals surface area contributed by atoms with Crippen molar-refractivity contribution in [2.75, 3.05) is 13.1 Å². The van der Waals surface area contributed by atoms with Gasteiger partial charge in [0.15, 0.2) is 0 Å². The zero-order valence-corrected chi connectivity index (χ0v) is 12.2. The number of likely N-dealkylation sites (tertiary alicyclic amines) is 1. The van der Waals surface area contributed by atoms with Crippen LogP contribution < -0.4 is 0 Å². The molecule has 2 rings (SSSR count). The van der Waals surface area contributed by atoms with Crippen LogP contribution in [0, 0.1) is 17.8 Å². The van der Waals surface area contributed by atoms with Crippen molar-refractivity contribution in [1.29, 1.82) is 0 Å². The van der Waals surface area contributed by atoms with Gasteiger partial charge in [-0.05, 0) is 44.0 Å². The summed E-state index contributed by atoms with van der Waals surface area (Å²) in [6.45, 7) is 7.04. The van der Waals surface area contributed by atoms with Crippen molar-refractivity contribution in [3.8, 4) is 11.8 Å². The predicted molar refractivity (Wildman–Crippen MR) is 82.0 cm³/mol. The molecule has 0 N–H and O–H groups in total. The van der Waals surface area contributed by atoms with Crippen LogP contribution in [0.2, 0.25) is 0 Å². The van der Waals surface area contributed by atoms with Gasteiger partial charge in [-0.2, -0.15) is 0 Å². The monoisotopic (exact) mass is 255 g/mol. The first kappa shape index (κ1) is 14.2. The number of hydrogen-bond donors (Lipinski definition) is 0. The molecule has 0 aliphatic carbocycles. The minimum atomic E-state index is 0.442. The highest BCUT2D eigenvalue weighted by atomic mass is 15.2. The van der Waals surface area contributed by atoms with Crippen molar-refractivity contribution in [3.63, 3.8) is 0 Å². The van der Waals surface area contributed by atoms with E-state index in [1.807, 2.05) is 6.07 Å². The molecule has 1 heterocycles. The van der Waals surface area contributed by atoms with Gasteiger partial charge in [-0.25, -0.2) is 0 Å². The minimum Gasteiger partial charge on any atom is -0.290 e. The summed E-state index contributed by atoms with van der Waals surface area (Å²) in [6.07, 6.45) is 5.12. The third kappa shape index (κ3) is 3.85. The van der Waals surface area contributed by atoms with Crippen LogP contribution in [0.5, 0.6) is 0 Å². The highest BCUT2D eigenvalue weighted by molar-refractivity contribution is 5.35. The quantitative estimate of drug-likeness (QED) is 0.737. The van der Waals surface area contributed by atoms with Crippen LogP contribution in [0.15, 0.2) is 30.3 Å². The van der Waals surface area contributed by atoms with E-state index < -0.39 is 0 Å². The smallest absolute Gasteiger partial charge is 0.0746 e. The van der Waals surface area contributed by atoms with Gasteiger partial charge in [-0.3, -0.25) is 4.90 Å². The second-order valence-electron chi connectivity index (χ2n) is 5.40. The van der Waals surface area contributed by atoms with Crippen molar-refractivity contribution in [1.82, 2.24) is 4.90 Å². The minimum absolute atomic E-state index is 0.442. The first-order chi connectivity index (χ1) is 9.35. The lowest BCUT2D eigenvalue weighted by Crippen LogP contribution is -2.37. The average molecular weight is 255 g/mol. The van der Waals surface area contributed by atoms with Gasteiger partial charge in [0.25, 0.3) is 0 Å². The Morgan fingerprint density at radius 3 is 2.26 bits per heavy atom. The topological polar surface area (TPSA) is 3.24 Å². The van der Waals surface area contributed by atoms with E-state index in [1.165, 1.54) is 38.8 Å². The van der Waals surface area contributed by atoms with Gasteiger partial charge in [0.2, 0.25) is 0 Å². The molecule has 1 aromatic carbocycles. The fourth-order valence-corrected chi connectivity index (χ4v) is 2.94. The Labute approximate surface area is 118 Å². The van der Waals surface area contributed by atoms with Crippen molar-refractivity contribution < 1.29 is 0 Å². The van der Waals surface area contributed by atoms with Gasteiger partial charge < -0.3 is 0 Å². The largest absolute Gasteiger partial charge is 0.290 e. The van der Waals surface area contributed by atoms with Crippen LogP contribution in [-0.4, -0.2) is 24.0 Å². The molecule has 1 atom stereocenters. The van der Waals surface area contributed by atoms with Crippen molar-refractivity contribution >= 4 is 0 Å². The highest BCUT2D eigenvalue weighted by Gasteiger charge is 2.25. The molecule has 1 unspecified atom stereocenters. The van der Waals surface area contributed by atoms with Crippen LogP contribution in [-0.2, 0) is 0 Å². The lowest BCUT2D eigenvalue weighted by atomic mass is 9.93. The maximum Gasteiger partial charge on any atom is 0.0746 e. The Kier molecular flexibility index (Phi) is 5.48. The van der Waals surface area contributed by atoms with E-state index in [1.54, 1.807) is 0 Å². The molecular formula is C18H25N. The van der Waals surface area contributed by atoms with Crippen molar-refractivity contribution in [3.05, 3.63) is 35.9 Å². The molecule has 1 fully saturated rings. The first-order valence-corrected chi connectivity index (χ1v) is 7.65. The normalized spacial score (nSPS) is 17.2.